The SMILES string of the molecule is Cl.Nc1ncc(CN2CCSCC2)s1. The van der Waals surface area contributed by atoms with Gasteiger partial charge in [0.1, 0.15) is 0 Å². The molecule has 1 aromatic rings. The van der Waals surface area contributed by atoms with Crippen LogP contribution in [0.4, 0.5) is 5.13 Å². The highest BCUT2D eigenvalue weighted by molar-refractivity contribution is 7.99. The Kier molecular flexibility index (Phi) is 5.01. The van der Waals surface area contributed by atoms with Gasteiger partial charge in [-0.25, -0.2) is 4.98 Å². The van der Waals surface area contributed by atoms with E-state index in [2.05, 4.69) is 9.88 Å². The first-order valence-electron chi connectivity index (χ1n) is 4.35. The molecule has 1 aromatic heterocycles. The summed E-state index contributed by atoms with van der Waals surface area (Å²) in [6.07, 6.45) is 1.89. The summed E-state index contributed by atoms with van der Waals surface area (Å²) in [6, 6.07) is 0. The first kappa shape index (κ1) is 12.1. The molecule has 0 aromatic carbocycles. The van der Waals surface area contributed by atoms with Crippen molar-refractivity contribution in [2.75, 3.05) is 30.3 Å². The Morgan fingerprint density at radius 3 is 2.71 bits per heavy atom. The third-order valence-electron chi connectivity index (χ3n) is 2.05. The van der Waals surface area contributed by atoms with E-state index in [1.54, 1.807) is 11.3 Å². The summed E-state index contributed by atoms with van der Waals surface area (Å²) in [5.41, 5.74) is 5.57. The molecule has 0 radical (unpaired) electrons. The number of nitrogen functional groups attached to an aromatic ring is 1. The van der Waals surface area contributed by atoms with E-state index in [1.165, 1.54) is 29.5 Å². The maximum atomic E-state index is 5.57. The van der Waals surface area contributed by atoms with Gasteiger partial charge < -0.3 is 5.73 Å². The Labute approximate surface area is 98.5 Å². The molecule has 0 saturated carbocycles. The molecular formula is C8H14ClN3S2. The van der Waals surface area contributed by atoms with E-state index in [1.807, 2.05) is 18.0 Å². The van der Waals surface area contributed by atoms with Gasteiger partial charge in [0, 0.05) is 42.2 Å². The quantitative estimate of drug-likeness (QED) is 0.869. The van der Waals surface area contributed by atoms with Crippen LogP contribution in [0, 0.1) is 0 Å². The highest BCUT2D eigenvalue weighted by atomic mass is 35.5. The minimum absolute atomic E-state index is 0. The van der Waals surface area contributed by atoms with E-state index in [4.69, 9.17) is 5.73 Å². The van der Waals surface area contributed by atoms with E-state index >= 15 is 0 Å². The van der Waals surface area contributed by atoms with Crippen molar-refractivity contribution in [1.29, 1.82) is 0 Å². The highest BCUT2D eigenvalue weighted by Crippen LogP contribution is 2.18. The Morgan fingerprint density at radius 2 is 2.14 bits per heavy atom. The second-order valence-electron chi connectivity index (χ2n) is 3.05. The van der Waals surface area contributed by atoms with Crippen LogP contribution in [0.1, 0.15) is 4.88 Å². The number of aromatic nitrogens is 1. The summed E-state index contributed by atoms with van der Waals surface area (Å²) in [6.45, 7) is 3.42. The molecule has 0 aliphatic carbocycles. The fourth-order valence-electron chi connectivity index (χ4n) is 1.38. The fraction of sp³-hybridized carbons (Fsp3) is 0.625. The van der Waals surface area contributed by atoms with Crippen LogP contribution >= 0.6 is 35.5 Å². The zero-order valence-electron chi connectivity index (χ0n) is 7.81. The van der Waals surface area contributed by atoms with E-state index in [9.17, 15) is 0 Å². The molecule has 1 saturated heterocycles. The van der Waals surface area contributed by atoms with E-state index < -0.39 is 0 Å². The Hall–Kier alpha value is 0.0300. The first-order chi connectivity index (χ1) is 6.34. The topological polar surface area (TPSA) is 42.1 Å². The molecule has 1 aliphatic heterocycles. The molecule has 14 heavy (non-hydrogen) atoms. The minimum Gasteiger partial charge on any atom is -0.375 e. The van der Waals surface area contributed by atoms with Gasteiger partial charge in [-0.2, -0.15) is 11.8 Å². The molecule has 1 aliphatic rings. The molecular weight excluding hydrogens is 238 g/mol. The largest absolute Gasteiger partial charge is 0.375 e. The van der Waals surface area contributed by atoms with Crippen molar-refractivity contribution in [1.82, 2.24) is 9.88 Å². The number of anilines is 1. The predicted octanol–water partition coefficient (Wildman–Crippen LogP) is 1.70. The molecule has 2 rings (SSSR count). The van der Waals surface area contributed by atoms with Crippen molar-refractivity contribution >= 4 is 40.6 Å². The van der Waals surface area contributed by atoms with Crippen molar-refractivity contribution in [3.8, 4) is 0 Å². The molecule has 0 unspecified atom stereocenters. The molecule has 6 heteroatoms. The molecule has 0 amide bonds. The summed E-state index contributed by atoms with van der Waals surface area (Å²) < 4.78 is 0. The lowest BCUT2D eigenvalue weighted by molar-refractivity contribution is 0.297. The predicted molar refractivity (Wildman–Crippen MR) is 66.4 cm³/mol. The average molecular weight is 252 g/mol. The molecule has 3 nitrogen and oxygen atoms in total. The number of thiazole rings is 1. The first-order valence-corrected chi connectivity index (χ1v) is 6.32. The summed E-state index contributed by atoms with van der Waals surface area (Å²) in [7, 11) is 0. The van der Waals surface area contributed by atoms with Crippen LogP contribution in [0.15, 0.2) is 6.20 Å². The van der Waals surface area contributed by atoms with Crippen LogP contribution < -0.4 is 5.73 Å². The molecule has 0 bridgehead atoms. The van der Waals surface area contributed by atoms with Crippen molar-refractivity contribution in [2.45, 2.75) is 6.54 Å². The molecule has 2 N–H and O–H groups in total. The zero-order chi connectivity index (χ0) is 9.10. The van der Waals surface area contributed by atoms with Crippen molar-refractivity contribution < 1.29 is 0 Å². The van der Waals surface area contributed by atoms with Crippen LogP contribution in [0.2, 0.25) is 0 Å². The maximum Gasteiger partial charge on any atom is 0.180 e. The second kappa shape index (κ2) is 5.80. The van der Waals surface area contributed by atoms with Gasteiger partial charge in [-0.1, -0.05) is 0 Å². The van der Waals surface area contributed by atoms with Gasteiger partial charge >= 0.3 is 0 Å². The number of halogens is 1. The lowest BCUT2D eigenvalue weighted by atomic mass is 10.4. The number of nitrogens with zero attached hydrogens (tertiary/aromatic N) is 2. The number of rotatable bonds is 2. The number of hydrogen-bond acceptors (Lipinski definition) is 5. The molecule has 0 atom stereocenters. The third-order valence-corrected chi connectivity index (χ3v) is 3.81. The highest BCUT2D eigenvalue weighted by Gasteiger charge is 2.11. The van der Waals surface area contributed by atoms with Crippen LogP contribution in [-0.2, 0) is 6.54 Å². The average Bonchev–Trinajstić information content (AvgIpc) is 2.53. The van der Waals surface area contributed by atoms with Crippen molar-refractivity contribution in [2.24, 2.45) is 0 Å². The summed E-state index contributed by atoms with van der Waals surface area (Å²) >= 11 is 3.64. The Balaban J connectivity index is 0.000000980. The molecule has 0 spiro atoms. The smallest absolute Gasteiger partial charge is 0.180 e. The lowest BCUT2D eigenvalue weighted by Gasteiger charge is -2.25. The van der Waals surface area contributed by atoms with Crippen LogP contribution in [0.3, 0.4) is 0 Å². The normalized spacial score (nSPS) is 17.7. The van der Waals surface area contributed by atoms with Gasteiger partial charge in [-0.3, -0.25) is 4.90 Å². The zero-order valence-corrected chi connectivity index (χ0v) is 10.3. The Morgan fingerprint density at radius 1 is 1.43 bits per heavy atom. The lowest BCUT2D eigenvalue weighted by Crippen LogP contribution is -2.31. The van der Waals surface area contributed by atoms with Gasteiger partial charge in [0.15, 0.2) is 5.13 Å². The fourth-order valence-corrected chi connectivity index (χ4v) is 3.08. The summed E-state index contributed by atoms with van der Waals surface area (Å²) in [5, 5.41) is 0.682. The number of nitrogens with two attached hydrogens (primary N) is 1. The maximum absolute atomic E-state index is 5.57. The molecule has 80 valence electrons. The van der Waals surface area contributed by atoms with Gasteiger partial charge in [0.05, 0.1) is 0 Å². The van der Waals surface area contributed by atoms with Crippen LogP contribution in [0.5, 0.6) is 0 Å². The van der Waals surface area contributed by atoms with Crippen LogP contribution in [-0.4, -0.2) is 34.5 Å². The molecule has 1 fully saturated rings. The minimum atomic E-state index is 0. The van der Waals surface area contributed by atoms with E-state index in [0.717, 1.165) is 6.54 Å². The second-order valence-corrected chi connectivity index (χ2v) is 5.42. The van der Waals surface area contributed by atoms with E-state index in [-0.39, 0.29) is 12.4 Å². The molecule has 2 heterocycles. The summed E-state index contributed by atoms with van der Waals surface area (Å²) in [4.78, 5) is 7.79. The standard InChI is InChI=1S/C8H13N3S2.ClH/c9-8-10-5-7(13-8)6-11-1-3-12-4-2-11;/h5H,1-4,6H2,(H2,9,10);1H. The Bertz CT molecular complexity index is 273. The van der Waals surface area contributed by atoms with Gasteiger partial charge in [-0.05, 0) is 0 Å². The van der Waals surface area contributed by atoms with Gasteiger partial charge in [-0.15, -0.1) is 23.7 Å². The van der Waals surface area contributed by atoms with Gasteiger partial charge in [0.25, 0.3) is 0 Å². The number of thioether (sulfide) groups is 1. The number of hydrogen-bond donors (Lipinski definition) is 1. The van der Waals surface area contributed by atoms with Gasteiger partial charge in [0.2, 0.25) is 0 Å². The monoisotopic (exact) mass is 251 g/mol. The van der Waals surface area contributed by atoms with Crippen molar-refractivity contribution in [3.63, 3.8) is 0 Å². The van der Waals surface area contributed by atoms with E-state index in [0.29, 0.717) is 5.13 Å². The van der Waals surface area contributed by atoms with Crippen LogP contribution in [0.25, 0.3) is 0 Å². The summed E-state index contributed by atoms with van der Waals surface area (Å²) in [5.74, 6) is 2.52. The third kappa shape index (κ3) is 3.31. The van der Waals surface area contributed by atoms with Crippen molar-refractivity contribution in [3.05, 3.63) is 11.1 Å².